The molecule has 3 aromatic rings. The maximum absolute atomic E-state index is 14.5. The predicted octanol–water partition coefficient (Wildman–Crippen LogP) is 5.82. The van der Waals surface area contributed by atoms with Gasteiger partial charge in [0.2, 0.25) is 5.91 Å². The SMILES string of the molecule is COc1ccc(NC(=O)C(c2ccc(C)c(C)c2)N(C(=O)C(Cc2ccc(O)cc2)NC(=O)OC(C)(C)C)C2CC2)cc1. The highest BCUT2D eigenvalue weighted by Crippen LogP contribution is 2.37. The number of methoxy groups -OCH3 is 1. The van der Waals surface area contributed by atoms with Crippen LogP contribution in [-0.4, -0.2) is 52.7 Å². The van der Waals surface area contributed by atoms with Gasteiger partial charge >= 0.3 is 6.09 Å². The topological polar surface area (TPSA) is 117 Å². The summed E-state index contributed by atoms with van der Waals surface area (Å²) in [6, 6.07) is 17.1. The number of benzene rings is 3. The molecule has 1 fully saturated rings. The van der Waals surface area contributed by atoms with Gasteiger partial charge in [-0.3, -0.25) is 9.59 Å². The van der Waals surface area contributed by atoms with Crippen molar-refractivity contribution in [2.24, 2.45) is 0 Å². The first-order valence-corrected chi connectivity index (χ1v) is 14.5. The number of aromatic hydroxyl groups is 1. The van der Waals surface area contributed by atoms with E-state index in [9.17, 15) is 19.5 Å². The van der Waals surface area contributed by atoms with Crippen molar-refractivity contribution in [3.05, 3.63) is 89.0 Å². The largest absolute Gasteiger partial charge is 0.508 e. The predicted molar refractivity (Wildman–Crippen MR) is 165 cm³/mol. The summed E-state index contributed by atoms with van der Waals surface area (Å²) in [7, 11) is 1.57. The van der Waals surface area contributed by atoms with E-state index in [4.69, 9.17) is 9.47 Å². The second-order valence-corrected chi connectivity index (χ2v) is 12.0. The van der Waals surface area contributed by atoms with Crippen molar-refractivity contribution in [2.45, 2.75) is 77.6 Å². The highest BCUT2D eigenvalue weighted by molar-refractivity contribution is 5.99. The van der Waals surface area contributed by atoms with Gasteiger partial charge in [-0.25, -0.2) is 4.79 Å². The third-order valence-corrected chi connectivity index (χ3v) is 7.29. The second-order valence-electron chi connectivity index (χ2n) is 12.0. The molecule has 9 heteroatoms. The Balaban J connectivity index is 1.73. The Morgan fingerprint density at radius 1 is 0.953 bits per heavy atom. The van der Waals surface area contributed by atoms with Crippen LogP contribution >= 0.6 is 0 Å². The molecule has 228 valence electrons. The zero-order valence-corrected chi connectivity index (χ0v) is 25.6. The van der Waals surface area contributed by atoms with Crippen LogP contribution in [0.1, 0.15) is 61.9 Å². The van der Waals surface area contributed by atoms with Gasteiger partial charge < -0.3 is 30.1 Å². The summed E-state index contributed by atoms with van der Waals surface area (Å²) in [6.07, 6.45) is 0.884. The number of rotatable bonds is 10. The number of amides is 3. The van der Waals surface area contributed by atoms with Gasteiger partial charge in [-0.05, 0) is 106 Å². The van der Waals surface area contributed by atoms with Crippen LogP contribution in [0.4, 0.5) is 10.5 Å². The highest BCUT2D eigenvalue weighted by atomic mass is 16.6. The molecule has 0 spiro atoms. The zero-order valence-electron chi connectivity index (χ0n) is 25.6. The molecule has 9 nitrogen and oxygen atoms in total. The summed E-state index contributed by atoms with van der Waals surface area (Å²) in [5.74, 6) is -0.0102. The van der Waals surface area contributed by atoms with E-state index in [-0.39, 0.29) is 24.1 Å². The van der Waals surface area contributed by atoms with Gasteiger partial charge in [0.15, 0.2) is 0 Å². The average molecular weight is 588 g/mol. The summed E-state index contributed by atoms with van der Waals surface area (Å²) in [4.78, 5) is 43.2. The van der Waals surface area contributed by atoms with E-state index in [1.807, 2.05) is 32.0 Å². The molecule has 4 rings (SSSR count). The van der Waals surface area contributed by atoms with Gasteiger partial charge in [-0.15, -0.1) is 0 Å². The Bertz CT molecular complexity index is 1440. The molecule has 3 N–H and O–H groups in total. The molecule has 1 saturated carbocycles. The fourth-order valence-electron chi connectivity index (χ4n) is 4.83. The standard InChI is InChI=1S/C34H41N3O6/c1-21-7-10-24(19-22(21)2)30(31(39)35-25-11-17-28(42-6)18-12-25)37(26-13-14-26)32(40)29(36-33(41)43-34(3,4)5)20-23-8-15-27(38)16-9-23/h7-12,15-19,26,29-30,38H,13-14,20H2,1-6H3,(H,35,39)(H,36,41). The molecule has 1 aliphatic carbocycles. The van der Waals surface area contributed by atoms with Crippen LogP contribution in [0.5, 0.6) is 11.5 Å². The van der Waals surface area contributed by atoms with Gasteiger partial charge in [0.25, 0.3) is 5.91 Å². The van der Waals surface area contributed by atoms with Crippen LogP contribution in [0.25, 0.3) is 0 Å². The molecule has 0 radical (unpaired) electrons. The monoisotopic (exact) mass is 587 g/mol. The number of alkyl carbamates (subject to hydrolysis) is 1. The molecule has 1 aliphatic rings. The number of nitrogens with one attached hydrogen (secondary N) is 2. The number of anilines is 1. The summed E-state index contributed by atoms with van der Waals surface area (Å²) < 4.78 is 10.7. The fraction of sp³-hybridized carbons (Fsp3) is 0.382. The minimum Gasteiger partial charge on any atom is -0.508 e. The lowest BCUT2D eigenvalue weighted by Crippen LogP contribution is -2.54. The molecule has 0 bridgehead atoms. The van der Waals surface area contributed by atoms with E-state index in [0.29, 0.717) is 17.0 Å². The van der Waals surface area contributed by atoms with Crippen molar-refractivity contribution in [2.75, 3.05) is 12.4 Å². The maximum Gasteiger partial charge on any atom is 0.408 e. The number of phenolic OH excluding ortho intramolecular Hbond substituents is 1. The lowest BCUT2D eigenvalue weighted by molar-refractivity contribution is -0.141. The number of carbonyl (C=O) groups is 3. The van der Waals surface area contributed by atoms with Crippen LogP contribution in [0.2, 0.25) is 0 Å². The third kappa shape index (κ3) is 8.50. The van der Waals surface area contributed by atoms with Gasteiger partial charge in [0.1, 0.15) is 29.2 Å². The highest BCUT2D eigenvalue weighted by Gasteiger charge is 2.44. The Morgan fingerprint density at radius 2 is 1.60 bits per heavy atom. The van der Waals surface area contributed by atoms with Crippen LogP contribution in [-0.2, 0) is 20.7 Å². The van der Waals surface area contributed by atoms with Gasteiger partial charge in [-0.2, -0.15) is 0 Å². The Kier molecular flexibility index (Phi) is 9.63. The van der Waals surface area contributed by atoms with Crippen molar-refractivity contribution in [1.82, 2.24) is 10.2 Å². The molecule has 0 saturated heterocycles. The second kappa shape index (κ2) is 13.2. The first-order chi connectivity index (χ1) is 20.3. The number of hydrogen-bond donors (Lipinski definition) is 3. The number of nitrogens with zero attached hydrogens (tertiary/aromatic N) is 1. The van der Waals surface area contributed by atoms with Gasteiger partial charge in [0, 0.05) is 18.2 Å². The molecule has 0 aliphatic heterocycles. The Labute approximate surface area is 253 Å². The molecular formula is C34H41N3O6. The summed E-state index contributed by atoms with van der Waals surface area (Å²) in [6.45, 7) is 9.21. The molecule has 2 unspecified atom stereocenters. The summed E-state index contributed by atoms with van der Waals surface area (Å²) in [5.41, 5.74) is 3.26. The molecule has 2 atom stereocenters. The minimum atomic E-state index is -1.03. The van der Waals surface area contributed by atoms with E-state index >= 15 is 0 Å². The average Bonchev–Trinajstić information content (AvgIpc) is 3.78. The van der Waals surface area contributed by atoms with Crippen molar-refractivity contribution in [3.63, 3.8) is 0 Å². The smallest absolute Gasteiger partial charge is 0.408 e. The van der Waals surface area contributed by atoms with Crippen molar-refractivity contribution < 1.29 is 29.0 Å². The van der Waals surface area contributed by atoms with E-state index in [2.05, 4.69) is 10.6 Å². The molecular weight excluding hydrogens is 546 g/mol. The lowest BCUT2D eigenvalue weighted by atomic mass is 9.97. The third-order valence-electron chi connectivity index (χ3n) is 7.29. The lowest BCUT2D eigenvalue weighted by Gasteiger charge is -2.35. The normalized spacial score (nSPS) is 14.3. The van der Waals surface area contributed by atoms with Gasteiger partial charge in [-0.1, -0.05) is 30.3 Å². The molecule has 43 heavy (non-hydrogen) atoms. The quantitative estimate of drug-likeness (QED) is 0.275. The number of hydrogen-bond acceptors (Lipinski definition) is 6. The summed E-state index contributed by atoms with van der Waals surface area (Å²) >= 11 is 0. The fourth-order valence-corrected chi connectivity index (χ4v) is 4.83. The van der Waals surface area contributed by atoms with E-state index in [0.717, 1.165) is 29.5 Å². The number of phenols is 1. The van der Waals surface area contributed by atoms with Crippen LogP contribution in [0, 0.1) is 13.8 Å². The van der Waals surface area contributed by atoms with Gasteiger partial charge in [0.05, 0.1) is 7.11 Å². The number of ether oxygens (including phenoxy) is 2. The first kappa shape index (κ1) is 31.4. The van der Waals surface area contributed by atoms with Crippen molar-refractivity contribution in [1.29, 1.82) is 0 Å². The van der Waals surface area contributed by atoms with Crippen LogP contribution in [0.15, 0.2) is 66.7 Å². The first-order valence-electron chi connectivity index (χ1n) is 14.5. The Hall–Kier alpha value is -4.53. The van der Waals surface area contributed by atoms with E-state index in [1.165, 1.54) is 12.1 Å². The number of aryl methyl sites for hydroxylation is 2. The number of carbonyl (C=O) groups excluding carboxylic acids is 3. The van der Waals surface area contributed by atoms with E-state index in [1.54, 1.807) is 69.2 Å². The molecule has 3 aromatic carbocycles. The Morgan fingerprint density at radius 3 is 2.16 bits per heavy atom. The van der Waals surface area contributed by atoms with Crippen LogP contribution < -0.4 is 15.4 Å². The molecule has 3 amide bonds. The van der Waals surface area contributed by atoms with Crippen molar-refractivity contribution in [3.8, 4) is 11.5 Å². The summed E-state index contributed by atoms with van der Waals surface area (Å²) in [5, 5.41) is 15.5. The molecule has 0 heterocycles. The molecule has 0 aromatic heterocycles. The van der Waals surface area contributed by atoms with E-state index < -0.39 is 29.7 Å². The zero-order chi connectivity index (χ0) is 31.3. The minimum absolute atomic E-state index is 0.0938. The van der Waals surface area contributed by atoms with Crippen molar-refractivity contribution >= 4 is 23.6 Å². The van der Waals surface area contributed by atoms with Crippen LogP contribution in [0.3, 0.4) is 0 Å². The maximum atomic E-state index is 14.5.